The van der Waals surface area contributed by atoms with E-state index in [4.69, 9.17) is 14.2 Å². The van der Waals surface area contributed by atoms with Gasteiger partial charge in [-0.15, -0.1) is 0 Å². The number of hydrogen-bond acceptors (Lipinski definition) is 6. The smallest absolute Gasteiger partial charge is 0.305 e. The Morgan fingerprint density at radius 2 is 1.00 bits per heavy atom. The molecule has 0 rings (SSSR count). The van der Waals surface area contributed by atoms with E-state index >= 15 is 0 Å². The number of ether oxygens (including phenoxy) is 3. The summed E-state index contributed by atoms with van der Waals surface area (Å²) < 4.78 is 15.3. The van der Waals surface area contributed by atoms with Crippen LogP contribution in [0.3, 0.4) is 0 Å². The molecule has 0 bridgehead atoms. The first-order chi connectivity index (χ1) is 11.5. The van der Waals surface area contributed by atoms with Crippen LogP contribution in [0.1, 0.15) is 72.1 Å². The van der Waals surface area contributed by atoms with Gasteiger partial charge in [0.25, 0.3) is 0 Å². The minimum atomic E-state index is -0.192. The Morgan fingerprint density at radius 1 is 0.625 bits per heavy atom. The summed E-state index contributed by atoms with van der Waals surface area (Å²) in [4.78, 5) is 33.4. The van der Waals surface area contributed by atoms with E-state index in [1.807, 2.05) is 0 Å². The van der Waals surface area contributed by atoms with Crippen molar-refractivity contribution in [1.29, 1.82) is 0 Å². The van der Waals surface area contributed by atoms with Crippen molar-refractivity contribution in [1.82, 2.24) is 0 Å². The zero-order valence-corrected chi connectivity index (χ0v) is 15.3. The van der Waals surface area contributed by atoms with Gasteiger partial charge in [-0.2, -0.15) is 0 Å². The first-order valence-corrected chi connectivity index (χ1v) is 9.00. The number of carbonyl (C=O) groups excluding carboxylic acids is 3. The van der Waals surface area contributed by atoms with Crippen LogP contribution in [-0.2, 0) is 28.6 Å². The van der Waals surface area contributed by atoms with Gasteiger partial charge in [0.1, 0.15) is 0 Å². The first kappa shape index (κ1) is 22.4. The fraction of sp³-hybridized carbons (Fsp3) is 0.833. The van der Waals surface area contributed by atoms with Crippen molar-refractivity contribution in [2.75, 3.05) is 19.8 Å². The Labute approximate surface area is 145 Å². The number of rotatable bonds is 14. The molecule has 24 heavy (non-hydrogen) atoms. The van der Waals surface area contributed by atoms with E-state index in [9.17, 15) is 14.4 Å². The summed E-state index contributed by atoms with van der Waals surface area (Å²) >= 11 is 0. The lowest BCUT2D eigenvalue weighted by Crippen LogP contribution is -2.12. The zero-order valence-electron chi connectivity index (χ0n) is 15.3. The summed E-state index contributed by atoms with van der Waals surface area (Å²) in [5.74, 6) is -0.206. The molecule has 0 aromatic carbocycles. The van der Waals surface area contributed by atoms with Gasteiger partial charge in [-0.05, 0) is 38.0 Å². The highest BCUT2D eigenvalue weighted by Gasteiger charge is 2.11. The van der Waals surface area contributed by atoms with Crippen LogP contribution in [-0.4, -0.2) is 37.7 Å². The molecule has 0 saturated carbocycles. The van der Waals surface area contributed by atoms with Gasteiger partial charge in [-0.25, -0.2) is 0 Å². The first-order valence-electron chi connectivity index (χ1n) is 9.00. The van der Waals surface area contributed by atoms with Gasteiger partial charge >= 0.3 is 17.9 Å². The number of hydrogen-bond donors (Lipinski definition) is 0. The van der Waals surface area contributed by atoms with E-state index in [0.717, 1.165) is 32.1 Å². The number of carbonyl (C=O) groups is 3. The summed E-state index contributed by atoms with van der Waals surface area (Å²) in [6.07, 6.45) is 5.28. The molecule has 0 aromatic heterocycles. The van der Waals surface area contributed by atoms with E-state index in [1.54, 1.807) is 20.8 Å². The summed E-state index contributed by atoms with van der Waals surface area (Å²) in [5.41, 5.74) is 0. The van der Waals surface area contributed by atoms with Crippen LogP contribution < -0.4 is 0 Å². The summed E-state index contributed by atoms with van der Waals surface area (Å²) in [5, 5.41) is 0. The Balaban J connectivity index is 4.05. The normalized spacial score (nSPS) is 10.5. The predicted octanol–water partition coefficient (Wildman–Crippen LogP) is 3.41. The van der Waals surface area contributed by atoms with E-state index in [0.29, 0.717) is 45.0 Å². The molecular formula is C18H32O6. The molecule has 0 aliphatic carbocycles. The van der Waals surface area contributed by atoms with Crippen LogP contribution in [0.5, 0.6) is 0 Å². The van der Waals surface area contributed by atoms with Crippen molar-refractivity contribution in [3.8, 4) is 0 Å². The highest BCUT2D eigenvalue weighted by molar-refractivity contribution is 5.69. The van der Waals surface area contributed by atoms with E-state index in [2.05, 4.69) is 0 Å². The fourth-order valence-electron chi connectivity index (χ4n) is 2.19. The van der Waals surface area contributed by atoms with Gasteiger partial charge in [0, 0.05) is 19.3 Å². The maximum atomic E-state index is 11.2. The van der Waals surface area contributed by atoms with Crippen LogP contribution >= 0.6 is 0 Å². The topological polar surface area (TPSA) is 78.9 Å². The van der Waals surface area contributed by atoms with Crippen LogP contribution in [0.4, 0.5) is 0 Å². The van der Waals surface area contributed by atoms with Gasteiger partial charge < -0.3 is 14.2 Å². The second kappa shape index (κ2) is 15.0. The molecular weight excluding hydrogens is 312 g/mol. The molecule has 0 N–H and O–H groups in total. The third kappa shape index (κ3) is 12.9. The quantitative estimate of drug-likeness (QED) is 0.273. The average Bonchev–Trinajstić information content (AvgIpc) is 2.60. The molecule has 140 valence electrons. The van der Waals surface area contributed by atoms with Crippen molar-refractivity contribution in [3.63, 3.8) is 0 Å². The highest BCUT2D eigenvalue weighted by Crippen LogP contribution is 2.18. The van der Waals surface area contributed by atoms with E-state index in [1.165, 1.54) is 0 Å². The predicted molar refractivity (Wildman–Crippen MR) is 90.3 cm³/mol. The molecule has 0 aliphatic rings. The zero-order chi connectivity index (χ0) is 18.2. The second-order valence-corrected chi connectivity index (χ2v) is 5.66. The van der Waals surface area contributed by atoms with Crippen molar-refractivity contribution >= 4 is 17.9 Å². The van der Waals surface area contributed by atoms with Gasteiger partial charge in [0.2, 0.25) is 0 Å². The van der Waals surface area contributed by atoms with Gasteiger partial charge in [-0.3, -0.25) is 14.4 Å². The molecule has 0 atom stereocenters. The van der Waals surface area contributed by atoms with Crippen LogP contribution in [0.25, 0.3) is 0 Å². The minimum absolute atomic E-state index is 0.185. The molecule has 0 aromatic rings. The third-order valence-corrected chi connectivity index (χ3v) is 3.69. The van der Waals surface area contributed by atoms with Gasteiger partial charge in [0.15, 0.2) is 0 Å². The SMILES string of the molecule is CCC(=O)OCCCC(CCCOC(=O)CC)CCOC(=O)CC. The Kier molecular flexibility index (Phi) is 14.0. The van der Waals surface area contributed by atoms with Crippen molar-refractivity contribution < 1.29 is 28.6 Å². The Bertz CT molecular complexity index is 343. The molecule has 0 heterocycles. The molecule has 0 saturated heterocycles. The molecule has 0 spiro atoms. The lowest BCUT2D eigenvalue weighted by atomic mass is 9.95. The van der Waals surface area contributed by atoms with Crippen LogP contribution in [0.2, 0.25) is 0 Å². The summed E-state index contributed by atoms with van der Waals surface area (Å²) in [7, 11) is 0. The maximum Gasteiger partial charge on any atom is 0.305 e. The van der Waals surface area contributed by atoms with E-state index in [-0.39, 0.29) is 17.9 Å². The van der Waals surface area contributed by atoms with Crippen molar-refractivity contribution in [3.05, 3.63) is 0 Å². The Hall–Kier alpha value is -1.59. The maximum absolute atomic E-state index is 11.2. The average molecular weight is 344 g/mol. The second-order valence-electron chi connectivity index (χ2n) is 5.66. The fourth-order valence-corrected chi connectivity index (χ4v) is 2.19. The van der Waals surface area contributed by atoms with Gasteiger partial charge in [0.05, 0.1) is 19.8 Å². The lowest BCUT2D eigenvalue weighted by molar-refractivity contribution is -0.145. The molecule has 0 fully saturated rings. The van der Waals surface area contributed by atoms with Crippen LogP contribution in [0.15, 0.2) is 0 Å². The Morgan fingerprint density at radius 3 is 1.38 bits per heavy atom. The number of esters is 3. The van der Waals surface area contributed by atoms with Crippen molar-refractivity contribution in [2.45, 2.75) is 72.1 Å². The van der Waals surface area contributed by atoms with Crippen LogP contribution in [0, 0.1) is 5.92 Å². The monoisotopic (exact) mass is 344 g/mol. The minimum Gasteiger partial charge on any atom is -0.466 e. The largest absolute Gasteiger partial charge is 0.466 e. The summed E-state index contributed by atoms with van der Waals surface area (Å²) in [6.45, 7) is 6.55. The molecule has 0 radical (unpaired) electrons. The standard InChI is InChI=1S/C18H32O6/c1-4-16(19)22-12-7-9-15(11-14-24-18(21)6-3)10-8-13-23-17(20)5-2/h15H,4-14H2,1-3H3. The molecule has 6 nitrogen and oxygen atoms in total. The van der Waals surface area contributed by atoms with Gasteiger partial charge in [-0.1, -0.05) is 20.8 Å². The lowest BCUT2D eigenvalue weighted by Gasteiger charge is -2.17. The third-order valence-electron chi connectivity index (χ3n) is 3.69. The molecule has 0 amide bonds. The summed E-state index contributed by atoms with van der Waals surface area (Å²) in [6, 6.07) is 0. The molecule has 0 aliphatic heterocycles. The van der Waals surface area contributed by atoms with Crippen molar-refractivity contribution in [2.24, 2.45) is 5.92 Å². The molecule has 0 unspecified atom stereocenters. The highest BCUT2D eigenvalue weighted by atomic mass is 16.5. The molecule has 6 heteroatoms. The van der Waals surface area contributed by atoms with E-state index < -0.39 is 0 Å².